The van der Waals surface area contributed by atoms with Crippen LogP contribution in [0.3, 0.4) is 0 Å². The van der Waals surface area contributed by atoms with Gasteiger partial charge in [0, 0.05) is 29.0 Å². The number of benzene rings is 4. The van der Waals surface area contributed by atoms with Crippen LogP contribution in [0.15, 0.2) is 102 Å². The first-order chi connectivity index (χ1) is 16.8. The molecule has 1 amide bonds. The fourth-order valence-corrected chi connectivity index (χ4v) is 4.36. The summed E-state index contributed by atoms with van der Waals surface area (Å²) < 4.78 is 30.0. The Balaban J connectivity index is 1.43. The van der Waals surface area contributed by atoms with Crippen molar-refractivity contribution >= 4 is 27.3 Å². The van der Waals surface area contributed by atoms with Crippen molar-refractivity contribution in [3.8, 4) is 22.6 Å². The van der Waals surface area contributed by atoms with Crippen LogP contribution in [0.2, 0.25) is 5.02 Å². The van der Waals surface area contributed by atoms with E-state index in [4.69, 9.17) is 16.3 Å². The molecular formula is C28H24ClNO4S. The molecule has 0 saturated heterocycles. The van der Waals surface area contributed by atoms with E-state index in [0.29, 0.717) is 35.1 Å². The van der Waals surface area contributed by atoms with E-state index in [1.54, 1.807) is 42.5 Å². The van der Waals surface area contributed by atoms with Crippen molar-refractivity contribution < 1.29 is 17.9 Å². The predicted octanol–water partition coefficient (Wildman–Crippen LogP) is 6.18. The second kappa shape index (κ2) is 10.8. The number of amides is 1. The van der Waals surface area contributed by atoms with Gasteiger partial charge < -0.3 is 10.1 Å². The highest BCUT2D eigenvalue weighted by Gasteiger charge is 2.12. The van der Waals surface area contributed by atoms with E-state index < -0.39 is 9.84 Å². The summed E-state index contributed by atoms with van der Waals surface area (Å²) in [6, 6.07) is 28.6. The van der Waals surface area contributed by atoms with Crippen LogP contribution >= 0.6 is 11.6 Å². The summed E-state index contributed by atoms with van der Waals surface area (Å²) in [6.07, 6.45) is 1.89. The predicted molar refractivity (Wildman–Crippen MR) is 139 cm³/mol. The van der Waals surface area contributed by atoms with Gasteiger partial charge in [-0.1, -0.05) is 54.1 Å². The summed E-state index contributed by atoms with van der Waals surface area (Å²) in [7, 11) is -3.33. The fraction of sp³-hybridized carbons (Fsp3) is 0.107. The molecule has 4 aromatic rings. The molecule has 35 heavy (non-hydrogen) atoms. The van der Waals surface area contributed by atoms with Gasteiger partial charge >= 0.3 is 0 Å². The zero-order valence-corrected chi connectivity index (χ0v) is 20.6. The standard InChI is InChI=1S/C28H24ClNO4S/c1-35(32,33)25-6-4-5-22(19-25)26-7-2-3-8-27(26)34-24-15-11-21(12-16-24)28(31)30-18-17-20-9-13-23(29)14-10-20/h2-16,19H,17-18H2,1H3,(H,30,31). The van der Waals surface area contributed by atoms with Crippen LogP contribution in [0.5, 0.6) is 11.5 Å². The van der Waals surface area contributed by atoms with Crippen molar-refractivity contribution in [3.63, 3.8) is 0 Å². The third kappa shape index (κ3) is 6.50. The molecule has 0 aliphatic heterocycles. The highest BCUT2D eigenvalue weighted by Crippen LogP contribution is 2.34. The minimum Gasteiger partial charge on any atom is -0.457 e. The quantitative estimate of drug-likeness (QED) is 0.310. The minimum absolute atomic E-state index is 0.163. The third-order valence-electron chi connectivity index (χ3n) is 5.42. The van der Waals surface area contributed by atoms with Crippen LogP contribution in [0.4, 0.5) is 0 Å². The number of rotatable bonds is 8. The fourth-order valence-electron chi connectivity index (χ4n) is 3.56. The molecule has 0 saturated carbocycles. The van der Waals surface area contributed by atoms with Gasteiger partial charge in [-0.15, -0.1) is 0 Å². The lowest BCUT2D eigenvalue weighted by Crippen LogP contribution is -2.25. The SMILES string of the molecule is CS(=O)(=O)c1cccc(-c2ccccc2Oc2ccc(C(=O)NCCc3ccc(Cl)cc3)cc2)c1. The van der Waals surface area contributed by atoms with Gasteiger partial charge in [0.25, 0.3) is 5.91 Å². The molecule has 0 unspecified atom stereocenters. The van der Waals surface area contributed by atoms with E-state index >= 15 is 0 Å². The second-order valence-electron chi connectivity index (χ2n) is 8.05. The van der Waals surface area contributed by atoms with Gasteiger partial charge in [0.15, 0.2) is 9.84 Å². The van der Waals surface area contributed by atoms with Gasteiger partial charge in [0.05, 0.1) is 4.90 Å². The van der Waals surface area contributed by atoms with Crippen molar-refractivity contribution in [2.45, 2.75) is 11.3 Å². The summed E-state index contributed by atoms with van der Waals surface area (Å²) >= 11 is 5.90. The smallest absolute Gasteiger partial charge is 0.251 e. The number of halogens is 1. The molecule has 0 aliphatic rings. The third-order valence-corrected chi connectivity index (χ3v) is 6.78. The topological polar surface area (TPSA) is 72.5 Å². The Morgan fingerprint density at radius 3 is 2.31 bits per heavy atom. The molecule has 7 heteroatoms. The number of carbonyl (C=O) groups excluding carboxylic acids is 1. The van der Waals surface area contributed by atoms with E-state index in [0.717, 1.165) is 16.7 Å². The van der Waals surface area contributed by atoms with Gasteiger partial charge in [0.2, 0.25) is 0 Å². The van der Waals surface area contributed by atoms with Crippen LogP contribution in [0.1, 0.15) is 15.9 Å². The lowest BCUT2D eigenvalue weighted by atomic mass is 10.0. The Morgan fingerprint density at radius 2 is 1.60 bits per heavy atom. The highest BCUT2D eigenvalue weighted by molar-refractivity contribution is 7.90. The number of hydrogen-bond acceptors (Lipinski definition) is 4. The number of sulfone groups is 1. The molecule has 0 heterocycles. The van der Waals surface area contributed by atoms with Gasteiger partial charge in [0.1, 0.15) is 11.5 Å². The number of carbonyl (C=O) groups is 1. The Bertz CT molecular complexity index is 1430. The first-order valence-electron chi connectivity index (χ1n) is 11.0. The van der Waals surface area contributed by atoms with Crippen LogP contribution in [-0.2, 0) is 16.3 Å². The van der Waals surface area contributed by atoms with Gasteiger partial charge in [-0.25, -0.2) is 8.42 Å². The van der Waals surface area contributed by atoms with Gasteiger partial charge in [-0.3, -0.25) is 4.79 Å². The average molecular weight is 506 g/mol. The van der Waals surface area contributed by atoms with E-state index in [-0.39, 0.29) is 10.8 Å². The number of para-hydroxylation sites is 1. The molecule has 0 fully saturated rings. The zero-order chi connectivity index (χ0) is 24.8. The second-order valence-corrected chi connectivity index (χ2v) is 10.5. The summed E-state index contributed by atoms with van der Waals surface area (Å²) in [4.78, 5) is 12.7. The van der Waals surface area contributed by atoms with E-state index in [1.807, 2.05) is 54.6 Å². The highest BCUT2D eigenvalue weighted by atomic mass is 35.5. The molecule has 0 spiro atoms. The number of nitrogens with one attached hydrogen (secondary N) is 1. The molecular weight excluding hydrogens is 482 g/mol. The lowest BCUT2D eigenvalue weighted by molar-refractivity contribution is 0.0954. The van der Waals surface area contributed by atoms with Gasteiger partial charge in [-0.05, 0) is 72.1 Å². The summed E-state index contributed by atoms with van der Waals surface area (Å²) in [5, 5.41) is 3.60. The van der Waals surface area contributed by atoms with Crippen LogP contribution in [0.25, 0.3) is 11.1 Å². The van der Waals surface area contributed by atoms with Crippen LogP contribution < -0.4 is 10.1 Å². The molecule has 4 rings (SSSR count). The monoisotopic (exact) mass is 505 g/mol. The van der Waals surface area contributed by atoms with Crippen molar-refractivity contribution in [2.75, 3.05) is 12.8 Å². The first-order valence-corrected chi connectivity index (χ1v) is 13.3. The molecule has 4 aromatic carbocycles. The maximum Gasteiger partial charge on any atom is 0.251 e. The normalized spacial score (nSPS) is 11.1. The van der Waals surface area contributed by atoms with E-state index in [2.05, 4.69) is 5.32 Å². The first kappa shape index (κ1) is 24.5. The van der Waals surface area contributed by atoms with E-state index in [9.17, 15) is 13.2 Å². The van der Waals surface area contributed by atoms with E-state index in [1.165, 1.54) is 6.26 Å². The largest absolute Gasteiger partial charge is 0.457 e. The minimum atomic E-state index is -3.33. The molecule has 0 radical (unpaired) electrons. The summed E-state index contributed by atoms with van der Waals surface area (Å²) in [6.45, 7) is 0.513. The Labute approximate surface area is 210 Å². The molecule has 1 N–H and O–H groups in total. The lowest BCUT2D eigenvalue weighted by Gasteiger charge is -2.12. The molecule has 0 atom stereocenters. The Hall–Kier alpha value is -3.61. The van der Waals surface area contributed by atoms with Crippen LogP contribution in [0, 0.1) is 0 Å². The molecule has 0 aromatic heterocycles. The van der Waals surface area contributed by atoms with Gasteiger partial charge in [-0.2, -0.15) is 0 Å². The Kier molecular flexibility index (Phi) is 7.54. The van der Waals surface area contributed by atoms with Crippen molar-refractivity contribution in [1.29, 1.82) is 0 Å². The average Bonchev–Trinajstić information content (AvgIpc) is 2.85. The van der Waals surface area contributed by atoms with Crippen molar-refractivity contribution in [2.24, 2.45) is 0 Å². The molecule has 0 bridgehead atoms. The van der Waals surface area contributed by atoms with Crippen LogP contribution in [-0.4, -0.2) is 27.1 Å². The maximum absolute atomic E-state index is 12.5. The Morgan fingerprint density at radius 1 is 0.886 bits per heavy atom. The number of hydrogen-bond donors (Lipinski definition) is 1. The molecule has 178 valence electrons. The number of ether oxygens (including phenoxy) is 1. The molecule has 0 aliphatic carbocycles. The van der Waals surface area contributed by atoms with Crippen molar-refractivity contribution in [1.82, 2.24) is 5.32 Å². The maximum atomic E-state index is 12.5. The zero-order valence-electron chi connectivity index (χ0n) is 19.1. The van der Waals surface area contributed by atoms with Crippen molar-refractivity contribution in [3.05, 3.63) is 113 Å². The summed E-state index contributed by atoms with van der Waals surface area (Å²) in [5.74, 6) is 0.983. The summed E-state index contributed by atoms with van der Waals surface area (Å²) in [5.41, 5.74) is 3.13. The molecule has 5 nitrogen and oxygen atoms in total.